The van der Waals surface area contributed by atoms with Crippen LogP contribution < -0.4 is 19.1 Å². The Morgan fingerprint density at radius 3 is 2.27 bits per heavy atom. The van der Waals surface area contributed by atoms with Crippen LogP contribution in [0, 0.1) is 0 Å². The van der Waals surface area contributed by atoms with Crippen LogP contribution in [-0.2, 0) is 32.6 Å². The molecule has 0 saturated carbocycles. The fraction of sp³-hybridized carbons (Fsp3) is 0.375. The Bertz CT molecular complexity index is 1570. The fourth-order valence-corrected chi connectivity index (χ4v) is 6.11. The molecule has 9 nitrogen and oxygen atoms in total. The Morgan fingerprint density at radius 2 is 1.61 bits per heavy atom. The number of nitrogens with one attached hydrogen (secondary N) is 1. The van der Waals surface area contributed by atoms with Gasteiger partial charge in [0.1, 0.15) is 25.8 Å². The van der Waals surface area contributed by atoms with Crippen LogP contribution in [0.1, 0.15) is 38.3 Å². The van der Waals surface area contributed by atoms with E-state index >= 15 is 0 Å². The molecule has 3 aromatic carbocycles. The van der Waals surface area contributed by atoms with Crippen LogP contribution in [-0.4, -0.2) is 62.7 Å². The van der Waals surface area contributed by atoms with E-state index in [1.807, 2.05) is 44.2 Å². The lowest BCUT2D eigenvalue weighted by Crippen LogP contribution is -2.54. The lowest BCUT2D eigenvalue weighted by molar-refractivity contribution is -0.140. The van der Waals surface area contributed by atoms with Gasteiger partial charge in [0, 0.05) is 25.1 Å². The highest BCUT2D eigenvalue weighted by atomic mass is 35.5. The van der Waals surface area contributed by atoms with Crippen molar-refractivity contribution in [3.8, 4) is 11.5 Å². The summed E-state index contributed by atoms with van der Waals surface area (Å²) in [4.78, 5) is 29.6. The number of hydrogen-bond acceptors (Lipinski definition) is 6. The molecule has 0 fully saturated rings. The Morgan fingerprint density at radius 1 is 0.909 bits per heavy atom. The summed E-state index contributed by atoms with van der Waals surface area (Å²) in [7, 11) is -3.93. The first kappa shape index (κ1) is 33.4. The summed E-state index contributed by atoms with van der Waals surface area (Å²) < 4.78 is 39.2. The summed E-state index contributed by atoms with van der Waals surface area (Å²) in [6.45, 7) is 5.50. The number of carbonyl (C=O) groups is 2. The van der Waals surface area contributed by atoms with Crippen LogP contribution in [0.4, 0.5) is 5.69 Å². The second-order valence-electron chi connectivity index (χ2n) is 10.5. The molecule has 236 valence electrons. The quantitative estimate of drug-likeness (QED) is 0.260. The molecular weight excluding hydrogens is 625 g/mol. The number of fused-ring (bicyclic) bond motifs is 1. The average molecular weight is 663 g/mol. The zero-order valence-corrected chi connectivity index (χ0v) is 27.3. The van der Waals surface area contributed by atoms with E-state index in [0.717, 1.165) is 9.87 Å². The second-order valence-corrected chi connectivity index (χ2v) is 13.5. The van der Waals surface area contributed by atoms with E-state index in [2.05, 4.69) is 5.32 Å². The maximum Gasteiger partial charge on any atom is 0.244 e. The highest BCUT2D eigenvalue weighted by Gasteiger charge is 2.34. The lowest BCUT2D eigenvalue weighted by atomic mass is 10.0. The van der Waals surface area contributed by atoms with Crippen LogP contribution in [0.15, 0.2) is 66.7 Å². The van der Waals surface area contributed by atoms with Crippen molar-refractivity contribution in [1.29, 1.82) is 0 Å². The van der Waals surface area contributed by atoms with Gasteiger partial charge in [0.05, 0.1) is 21.5 Å². The van der Waals surface area contributed by atoms with Gasteiger partial charge in [-0.15, -0.1) is 0 Å². The second kappa shape index (κ2) is 15.0. The van der Waals surface area contributed by atoms with Gasteiger partial charge in [-0.05, 0) is 55.7 Å². The SMILES string of the molecule is CC[C@H](C)NC(=O)[C@H](Cc1ccccc1)N(Cc1ccc(Cl)c(Cl)c1)C(=O)CN(c1ccc2c(c1)OCCO2)S(=O)(=O)CC. The Balaban J connectivity index is 1.77. The van der Waals surface area contributed by atoms with E-state index in [4.69, 9.17) is 32.7 Å². The number of halogens is 2. The van der Waals surface area contributed by atoms with Gasteiger partial charge in [0.25, 0.3) is 0 Å². The summed E-state index contributed by atoms with van der Waals surface area (Å²) in [6.07, 6.45) is 0.901. The summed E-state index contributed by atoms with van der Waals surface area (Å²) in [5.74, 6) is -0.279. The molecule has 4 rings (SSSR count). The Kier molecular flexibility index (Phi) is 11.4. The van der Waals surface area contributed by atoms with Crippen LogP contribution in [0.3, 0.4) is 0 Å². The molecule has 1 aliphatic heterocycles. The van der Waals surface area contributed by atoms with Crippen molar-refractivity contribution in [2.24, 2.45) is 0 Å². The van der Waals surface area contributed by atoms with Crippen molar-refractivity contribution in [3.63, 3.8) is 0 Å². The van der Waals surface area contributed by atoms with Gasteiger partial charge in [0.2, 0.25) is 21.8 Å². The smallest absolute Gasteiger partial charge is 0.244 e. The molecule has 1 N–H and O–H groups in total. The predicted octanol–water partition coefficient (Wildman–Crippen LogP) is 5.48. The first-order valence-corrected chi connectivity index (χ1v) is 16.9. The van der Waals surface area contributed by atoms with Crippen LogP contribution >= 0.6 is 23.2 Å². The molecule has 0 saturated heterocycles. The largest absolute Gasteiger partial charge is 0.486 e. The highest BCUT2D eigenvalue weighted by molar-refractivity contribution is 7.92. The van der Waals surface area contributed by atoms with Crippen LogP contribution in [0.25, 0.3) is 0 Å². The van der Waals surface area contributed by atoms with Crippen molar-refractivity contribution >= 4 is 50.7 Å². The third-order valence-corrected chi connectivity index (χ3v) is 9.88. The van der Waals surface area contributed by atoms with Gasteiger partial charge in [0.15, 0.2) is 11.5 Å². The van der Waals surface area contributed by atoms with Crippen LogP contribution in [0.5, 0.6) is 11.5 Å². The van der Waals surface area contributed by atoms with Gasteiger partial charge in [-0.1, -0.05) is 66.5 Å². The zero-order valence-electron chi connectivity index (χ0n) is 25.0. The van der Waals surface area contributed by atoms with Crippen molar-refractivity contribution in [1.82, 2.24) is 10.2 Å². The predicted molar refractivity (Wildman–Crippen MR) is 173 cm³/mol. The van der Waals surface area contributed by atoms with Gasteiger partial charge < -0.3 is 19.7 Å². The molecule has 0 unspecified atom stereocenters. The molecular formula is C32H37Cl2N3O6S. The van der Waals surface area contributed by atoms with Gasteiger partial charge in [-0.3, -0.25) is 13.9 Å². The van der Waals surface area contributed by atoms with E-state index in [1.165, 1.54) is 11.8 Å². The normalized spacial score (nSPS) is 13.9. The molecule has 12 heteroatoms. The Labute approximate surface area is 269 Å². The summed E-state index contributed by atoms with van der Waals surface area (Å²) in [6, 6.07) is 18.0. The maximum absolute atomic E-state index is 14.4. The molecule has 0 spiro atoms. The maximum atomic E-state index is 14.4. The Hall–Kier alpha value is -3.47. The number of anilines is 1. The summed E-state index contributed by atoms with van der Waals surface area (Å²) >= 11 is 12.5. The van der Waals surface area contributed by atoms with E-state index in [0.29, 0.717) is 46.7 Å². The molecule has 0 bridgehead atoms. The highest BCUT2D eigenvalue weighted by Crippen LogP contribution is 2.35. The average Bonchev–Trinajstić information content (AvgIpc) is 3.03. The first-order valence-electron chi connectivity index (χ1n) is 14.5. The topological polar surface area (TPSA) is 105 Å². The van der Waals surface area contributed by atoms with Crippen molar-refractivity contribution in [2.45, 2.75) is 52.2 Å². The van der Waals surface area contributed by atoms with Gasteiger partial charge in [-0.2, -0.15) is 0 Å². The number of sulfonamides is 1. The monoisotopic (exact) mass is 661 g/mol. The molecule has 0 radical (unpaired) electrons. The van der Waals surface area contributed by atoms with E-state index < -0.39 is 28.5 Å². The number of ether oxygens (including phenoxy) is 2. The third kappa shape index (κ3) is 8.37. The molecule has 1 aliphatic rings. The minimum Gasteiger partial charge on any atom is -0.486 e. The van der Waals surface area contributed by atoms with Crippen molar-refractivity contribution in [3.05, 3.63) is 87.9 Å². The minimum atomic E-state index is -3.93. The summed E-state index contributed by atoms with van der Waals surface area (Å²) in [5.41, 5.74) is 1.72. The van der Waals surface area contributed by atoms with E-state index in [9.17, 15) is 18.0 Å². The first-order chi connectivity index (χ1) is 21.0. The van der Waals surface area contributed by atoms with Gasteiger partial charge in [-0.25, -0.2) is 8.42 Å². The number of rotatable bonds is 13. The third-order valence-electron chi connectivity index (χ3n) is 7.40. The van der Waals surface area contributed by atoms with E-state index in [-0.39, 0.29) is 36.4 Å². The number of amides is 2. The lowest BCUT2D eigenvalue weighted by Gasteiger charge is -2.34. The molecule has 2 atom stereocenters. The molecule has 2 amide bonds. The number of benzene rings is 3. The van der Waals surface area contributed by atoms with Crippen molar-refractivity contribution < 1.29 is 27.5 Å². The fourth-order valence-electron chi connectivity index (χ4n) is 4.74. The molecule has 44 heavy (non-hydrogen) atoms. The zero-order chi connectivity index (χ0) is 31.9. The van der Waals surface area contributed by atoms with E-state index in [1.54, 1.807) is 36.4 Å². The standard InChI is InChI=1S/C32H37Cl2N3O6S/c1-4-22(3)35-32(39)28(18-23-9-7-6-8-10-23)36(20-24-11-13-26(33)27(34)17-24)31(38)21-37(44(40,41)5-2)25-12-14-29-30(19-25)43-16-15-42-29/h6-14,17,19,22,28H,4-5,15-16,18,20-21H2,1-3H3,(H,35,39)/t22-,28-/m0/s1. The molecule has 0 aromatic heterocycles. The molecule has 3 aromatic rings. The van der Waals surface area contributed by atoms with Gasteiger partial charge >= 0.3 is 0 Å². The number of hydrogen-bond donors (Lipinski definition) is 1. The van der Waals surface area contributed by atoms with Crippen LogP contribution in [0.2, 0.25) is 10.0 Å². The summed E-state index contributed by atoms with van der Waals surface area (Å²) in [5, 5.41) is 3.66. The number of nitrogens with zero attached hydrogens (tertiary/aromatic N) is 2. The van der Waals surface area contributed by atoms with Crippen molar-refractivity contribution in [2.75, 3.05) is 29.8 Å². The molecule has 1 heterocycles. The number of carbonyl (C=O) groups excluding carboxylic acids is 2. The molecule has 0 aliphatic carbocycles. The minimum absolute atomic E-state index is 0.0116.